The van der Waals surface area contributed by atoms with Crippen LogP contribution in [-0.4, -0.2) is 22.6 Å². The molecule has 1 aromatic carbocycles. The summed E-state index contributed by atoms with van der Waals surface area (Å²) >= 11 is 0. The zero-order valence-corrected chi connectivity index (χ0v) is 11.6. The summed E-state index contributed by atoms with van der Waals surface area (Å²) in [4.78, 5) is 21.6. The number of hydrogen-bond acceptors (Lipinski definition) is 5. The van der Waals surface area contributed by atoms with Gasteiger partial charge in [0.2, 0.25) is 0 Å². The van der Waals surface area contributed by atoms with E-state index >= 15 is 0 Å². The first kappa shape index (κ1) is 15.5. The number of benzene rings is 1. The number of amides is 2. The molecule has 1 aromatic heterocycles. The number of rotatable bonds is 6. The highest BCUT2D eigenvalue weighted by Gasteiger charge is 2.11. The Morgan fingerprint density at radius 3 is 2.59 bits per heavy atom. The highest BCUT2D eigenvalue weighted by atomic mass is 16.6. The number of aliphatic hydroxyl groups excluding tert-OH is 1. The van der Waals surface area contributed by atoms with Crippen LogP contribution in [0.3, 0.4) is 0 Å². The summed E-state index contributed by atoms with van der Waals surface area (Å²) in [5.41, 5.74) is 0.724. The van der Waals surface area contributed by atoms with E-state index in [1.165, 1.54) is 18.4 Å². The molecule has 0 saturated carbocycles. The lowest BCUT2D eigenvalue weighted by molar-refractivity contribution is -0.384. The Labute approximate surface area is 125 Å². The molecule has 2 rings (SSSR count). The predicted molar refractivity (Wildman–Crippen MR) is 77.0 cm³/mol. The molecule has 8 nitrogen and oxygen atoms in total. The van der Waals surface area contributed by atoms with Crippen LogP contribution in [-0.2, 0) is 6.54 Å². The number of nitro groups is 1. The number of urea groups is 1. The second-order valence-corrected chi connectivity index (χ2v) is 4.52. The zero-order valence-electron chi connectivity index (χ0n) is 11.6. The maximum absolute atomic E-state index is 11.6. The second kappa shape index (κ2) is 7.23. The van der Waals surface area contributed by atoms with Crippen LogP contribution in [0.4, 0.5) is 10.5 Å². The van der Waals surface area contributed by atoms with Gasteiger partial charge in [-0.1, -0.05) is 12.1 Å². The molecule has 8 heteroatoms. The quantitative estimate of drug-likeness (QED) is 0.555. The van der Waals surface area contributed by atoms with E-state index in [1.54, 1.807) is 24.3 Å². The zero-order chi connectivity index (χ0) is 15.9. The molecule has 0 bridgehead atoms. The predicted octanol–water partition coefficient (Wildman–Crippen LogP) is 1.72. The number of carbonyl (C=O) groups excluding carboxylic acids is 1. The molecule has 1 atom stereocenters. The Morgan fingerprint density at radius 2 is 2.00 bits per heavy atom. The molecule has 0 aliphatic heterocycles. The molecule has 0 radical (unpaired) electrons. The summed E-state index contributed by atoms with van der Waals surface area (Å²) in [5.74, 6) is 0.371. The molecule has 1 heterocycles. The smallest absolute Gasteiger partial charge is 0.315 e. The minimum absolute atomic E-state index is 0.00484. The first-order chi connectivity index (χ1) is 10.6. The molecule has 2 amide bonds. The fourth-order valence-corrected chi connectivity index (χ4v) is 1.75. The third-order valence-electron chi connectivity index (χ3n) is 2.93. The summed E-state index contributed by atoms with van der Waals surface area (Å²) in [5, 5.41) is 25.3. The molecule has 116 valence electrons. The molecule has 0 fully saturated rings. The van der Waals surface area contributed by atoms with Crippen LogP contribution in [0, 0.1) is 10.1 Å². The van der Waals surface area contributed by atoms with Crippen molar-refractivity contribution < 1.29 is 19.2 Å². The molecule has 1 unspecified atom stereocenters. The summed E-state index contributed by atoms with van der Waals surface area (Å²) in [6.45, 7) is 0.236. The standard InChI is InChI=1S/C14H15N3O5/c18-12(13-2-1-7-22-13)9-16-14(19)15-8-10-3-5-11(6-4-10)17(20)21/h1-7,12,18H,8-9H2,(H2,15,16,19). The Bertz CT molecular complexity index is 624. The van der Waals surface area contributed by atoms with Crippen molar-refractivity contribution in [1.82, 2.24) is 10.6 Å². The molecular weight excluding hydrogens is 290 g/mol. The average Bonchev–Trinajstić information content (AvgIpc) is 3.05. The molecular formula is C14H15N3O5. The van der Waals surface area contributed by atoms with Crippen molar-refractivity contribution in [2.75, 3.05) is 6.54 Å². The Balaban J connectivity index is 1.74. The van der Waals surface area contributed by atoms with Crippen molar-refractivity contribution in [3.63, 3.8) is 0 Å². The number of carbonyl (C=O) groups is 1. The van der Waals surface area contributed by atoms with E-state index in [-0.39, 0.29) is 18.8 Å². The lowest BCUT2D eigenvalue weighted by Crippen LogP contribution is -2.37. The Hall–Kier alpha value is -2.87. The Kier molecular flexibility index (Phi) is 5.10. The highest BCUT2D eigenvalue weighted by molar-refractivity contribution is 5.73. The molecule has 0 saturated heterocycles. The van der Waals surface area contributed by atoms with Crippen LogP contribution in [0.5, 0.6) is 0 Å². The minimum atomic E-state index is -0.917. The number of nitrogens with zero attached hydrogens (tertiary/aromatic N) is 1. The number of furan rings is 1. The van der Waals surface area contributed by atoms with Crippen molar-refractivity contribution in [1.29, 1.82) is 0 Å². The number of nitrogens with one attached hydrogen (secondary N) is 2. The number of non-ortho nitro benzene ring substituents is 1. The van der Waals surface area contributed by atoms with Gasteiger partial charge in [0.1, 0.15) is 11.9 Å². The molecule has 0 aliphatic carbocycles. The third kappa shape index (κ3) is 4.32. The van der Waals surface area contributed by atoms with E-state index in [2.05, 4.69) is 10.6 Å². The van der Waals surface area contributed by atoms with Crippen molar-refractivity contribution >= 4 is 11.7 Å². The van der Waals surface area contributed by atoms with Gasteiger partial charge in [0.25, 0.3) is 5.69 Å². The monoisotopic (exact) mass is 305 g/mol. The van der Waals surface area contributed by atoms with Crippen LogP contribution in [0.25, 0.3) is 0 Å². The molecule has 0 aliphatic rings. The maximum atomic E-state index is 11.6. The van der Waals surface area contributed by atoms with Gasteiger partial charge in [0.05, 0.1) is 17.7 Å². The topological polar surface area (TPSA) is 118 Å². The van der Waals surface area contributed by atoms with Gasteiger partial charge in [-0.3, -0.25) is 10.1 Å². The van der Waals surface area contributed by atoms with Gasteiger partial charge in [-0.15, -0.1) is 0 Å². The van der Waals surface area contributed by atoms with E-state index in [0.717, 1.165) is 5.56 Å². The van der Waals surface area contributed by atoms with Gasteiger partial charge in [-0.2, -0.15) is 0 Å². The van der Waals surface area contributed by atoms with Crippen LogP contribution < -0.4 is 10.6 Å². The normalized spacial score (nSPS) is 11.7. The second-order valence-electron chi connectivity index (χ2n) is 4.52. The summed E-state index contributed by atoms with van der Waals surface area (Å²) in [6, 6.07) is 8.68. The lowest BCUT2D eigenvalue weighted by Gasteiger charge is -2.10. The van der Waals surface area contributed by atoms with Crippen molar-refractivity contribution in [3.05, 3.63) is 64.1 Å². The van der Waals surface area contributed by atoms with Crippen LogP contribution in [0.1, 0.15) is 17.4 Å². The van der Waals surface area contributed by atoms with Crippen LogP contribution >= 0.6 is 0 Å². The summed E-state index contributed by atoms with van der Waals surface area (Å²) < 4.78 is 5.01. The fourth-order valence-electron chi connectivity index (χ4n) is 1.75. The summed E-state index contributed by atoms with van der Waals surface area (Å²) in [7, 11) is 0. The first-order valence-corrected chi connectivity index (χ1v) is 6.53. The summed E-state index contributed by atoms with van der Waals surface area (Å²) in [6.07, 6.45) is 0.521. The van der Waals surface area contributed by atoms with Crippen molar-refractivity contribution in [2.24, 2.45) is 0 Å². The third-order valence-corrected chi connectivity index (χ3v) is 2.93. The van der Waals surface area contributed by atoms with E-state index in [9.17, 15) is 20.0 Å². The minimum Gasteiger partial charge on any atom is -0.467 e. The van der Waals surface area contributed by atoms with Crippen molar-refractivity contribution in [3.8, 4) is 0 Å². The van der Waals surface area contributed by atoms with Gasteiger partial charge < -0.3 is 20.2 Å². The van der Waals surface area contributed by atoms with Crippen molar-refractivity contribution in [2.45, 2.75) is 12.6 Å². The number of aliphatic hydroxyl groups is 1. The Morgan fingerprint density at radius 1 is 1.27 bits per heavy atom. The first-order valence-electron chi connectivity index (χ1n) is 6.53. The van der Waals surface area contributed by atoms with Gasteiger partial charge in [-0.05, 0) is 17.7 Å². The molecule has 22 heavy (non-hydrogen) atoms. The maximum Gasteiger partial charge on any atom is 0.315 e. The van der Waals surface area contributed by atoms with E-state index in [0.29, 0.717) is 5.76 Å². The van der Waals surface area contributed by atoms with E-state index in [4.69, 9.17) is 4.42 Å². The van der Waals surface area contributed by atoms with Gasteiger partial charge in [0.15, 0.2) is 0 Å². The SMILES string of the molecule is O=C(NCc1ccc([N+](=O)[O-])cc1)NCC(O)c1ccco1. The lowest BCUT2D eigenvalue weighted by atomic mass is 10.2. The molecule has 2 aromatic rings. The van der Waals surface area contributed by atoms with Crippen LogP contribution in [0.15, 0.2) is 47.1 Å². The van der Waals surface area contributed by atoms with Gasteiger partial charge in [-0.25, -0.2) is 4.79 Å². The van der Waals surface area contributed by atoms with E-state index < -0.39 is 17.1 Å². The van der Waals surface area contributed by atoms with Crippen LogP contribution in [0.2, 0.25) is 0 Å². The van der Waals surface area contributed by atoms with Gasteiger partial charge in [0, 0.05) is 18.7 Å². The number of nitro benzene ring substituents is 1. The van der Waals surface area contributed by atoms with Gasteiger partial charge >= 0.3 is 6.03 Å². The largest absolute Gasteiger partial charge is 0.467 e. The molecule has 3 N–H and O–H groups in total. The molecule has 0 spiro atoms. The fraction of sp³-hybridized carbons (Fsp3) is 0.214. The average molecular weight is 305 g/mol. The number of hydrogen-bond donors (Lipinski definition) is 3. The highest BCUT2D eigenvalue weighted by Crippen LogP contribution is 2.12. The van der Waals surface area contributed by atoms with E-state index in [1.807, 2.05) is 0 Å².